The average Bonchev–Trinajstić information content (AvgIpc) is 2.51. The number of carbonyl (C=O) groups excluding carboxylic acids is 1. The molecule has 1 aliphatic heterocycles. The van der Waals surface area contributed by atoms with Gasteiger partial charge in [0.15, 0.2) is 0 Å². The Bertz CT molecular complexity index is 495. The maximum atomic E-state index is 12.6. The molecule has 5 heteroatoms. The van der Waals surface area contributed by atoms with Crippen LogP contribution >= 0.6 is 0 Å². The predicted octanol–water partition coefficient (Wildman–Crippen LogP) is 3.26. The highest BCUT2D eigenvalue weighted by Crippen LogP contribution is 2.18. The number of aromatic nitrogens is 2. The van der Waals surface area contributed by atoms with E-state index in [-0.39, 0.29) is 5.91 Å². The highest BCUT2D eigenvalue weighted by atomic mass is 16.2. The number of anilines is 1. The van der Waals surface area contributed by atoms with Crippen LogP contribution in [0, 0.1) is 12.8 Å². The fraction of sp³-hybridized carbons (Fsp3) is 0.706. The van der Waals surface area contributed by atoms with E-state index in [4.69, 9.17) is 0 Å². The third-order valence-corrected chi connectivity index (χ3v) is 4.21. The van der Waals surface area contributed by atoms with Crippen LogP contribution in [0.25, 0.3) is 0 Å². The van der Waals surface area contributed by atoms with E-state index in [0.29, 0.717) is 17.4 Å². The summed E-state index contributed by atoms with van der Waals surface area (Å²) in [4.78, 5) is 23.2. The van der Waals surface area contributed by atoms with Gasteiger partial charge in [-0.3, -0.25) is 4.79 Å². The first-order chi connectivity index (χ1) is 10.6. The molecule has 22 heavy (non-hydrogen) atoms. The van der Waals surface area contributed by atoms with Crippen molar-refractivity contribution in [2.24, 2.45) is 5.92 Å². The van der Waals surface area contributed by atoms with Crippen LogP contribution in [0.3, 0.4) is 0 Å². The first-order valence-corrected chi connectivity index (χ1v) is 8.49. The van der Waals surface area contributed by atoms with Gasteiger partial charge in [0.05, 0.1) is 0 Å². The lowest BCUT2D eigenvalue weighted by molar-refractivity contribution is 0.0691. The second kappa shape index (κ2) is 8.11. The summed E-state index contributed by atoms with van der Waals surface area (Å²) in [5.74, 6) is 2.16. The monoisotopic (exact) mass is 304 g/mol. The molecule has 1 aliphatic rings. The molecule has 1 fully saturated rings. The average molecular weight is 304 g/mol. The molecule has 2 rings (SSSR count). The summed E-state index contributed by atoms with van der Waals surface area (Å²) in [6.07, 6.45) is 5.68. The van der Waals surface area contributed by atoms with Gasteiger partial charge in [-0.1, -0.05) is 26.7 Å². The van der Waals surface area contributed by atoms with E-state index >= 15 is 0 Å². The highest BCUT2D eigenvalue weighted by Gasteiger charge is 2.23. The Morgan fingerprint density at radius 1 is 1.32 bits per heavy atom. The normalized spacial score (nSPS) is 15.9. The number of amides is 1. The zero-order chi connectivity index (χ0) is 15.9. The third-order valence-electron chi connectivity index (χ3n) is 4.21. The number of hydrogen-bond acceptors (Lipinski definition) is 4. The van der Waals surface area contributed by atoms with Gasteiger partial charge in [0.1, 0.15) is 17.3 Å². The molecule has 1 aromatic rings. The van der Waals surface area contributed by atoms with Crippen molar-refractivity contribution >= 4 is 11.7 Å². The fourth-order valence-electron chi connectivity index (χ4n) is 2.73. The molecule has 0 radical (unpaired) electrons. The van der Waals surface area contributed by atoms with Crippen molar-refractivity contribution in [2.75, 3.05) is 25.0 Å². The third kappa shape index (κ3) is 4.68. The van der Waals surface area contributed by atoms with Gasteiger partial charge >= 0.3 is 0 Å². The van der Waals surface area contributed by atoms with Crippen LogP contribution in [-0.4, -0.2) is 40.4 Å². The van der Waals surface area contributed by atoms with E-state index in [1.54, 1.807) is 6.07 Å². The molecule has 0 aliphatic carbocycles. The SMILES string of the molecule is CCCCCNc1cc(C(=O)N2CCC(C)CC2)nc(C)n1. The summed E-state index contributed by atoms with van der Waals surface area (Å²) in [6, 6.07) is 1.79. The van der Waals surface area contributed by atoms with Crippen LogP contribution < -0.4 is 5.32 Å². The quantitative estimate of drug-likeness (QED) is 0.820. The molecule has 2 heterocycles. The number of carbonyl (C=O) groups is 1. The van der Waals surface area contributed by atoms with Gasteiger partial charge in [-0.25, -0.2) is 9.97 Å². The van der Waals surface area contributed by atoms with Gasteiger partial charge in [0.2, 0.25) is 0 Å². The number of hydrogen-bond donors (Lipinski definition) is 1. The molecule has 0 saturated carbocycles. The maximum absolute atomic E-state index is 12.6. The molecule has 1 aromatic heterocycles. The standard InChI is InChI=1S/C17H28N4O/c1-4-5-6-9-18-16-12-15(19-14(3)20-16)17(22)21-10-7-13(2)8-11-21/h12-13H,4-11H2,1-3H3,(H,18,19,20). The summed E-state index contributed by atoms with van der Waals surface area (Å²) in [6.45, 7) is 8.83. The zero-order valence-corrected chi connectivity index (χ0v) is 14.1. The summed E-state index contributed by atoms with van der Waals surface area (Å²) >= 11 is 0. The van der Waals surface area contributed by atoms with E-state index in [1.807, 2.05) is 11.8 Å². The Morgan fingerprint density at radius 2 is 2.05 bits per heavy atom. The van der Waals surface area contributed by atoms with Crippen molar-refractivity contribution in [3.05, 3.63) is 17.6 Å². The zero-order valence-electron chi connectivity index (χ0n) is 14.1. The molecule has 122 valence electrons. The van der Waals surface area contributed by atoms with Gasteiger partial charge in [0, 0.05) is 25.7 Å². The van der Waals surface area contributed by atoms with Crippen molar-refractivity contribution in [3.8, 4) is 0 Å². The summed E-state index contributed by atoms with van der Waals surface area (Å²) in [5, 5.41) is 3.30. The van der Waals surface area contributed by atoms with Crippen LogP contribution in [-0.2, 0) is 0 Å². The number of rotatable bonds is 6. The topological polar surface area (TPSA) is 58.1 Å². The van der Waals surface area contributed by atoms with Crippen molar-refractivity contribution in [1.29, 1.82) is 0 Å². The Kier molecular flexibility index (Phi) is 6.16. The second-order valence-electron chi connectivity index (χ2n) is 6.29. The number of unbranched alkanes of at least 4 members (excludes halogenated alkanes) is 2. The Morgan fingerprint density at radius 3 is 2.73 bits per heavy atom. The molecule has 0 bridgehead atoms. The van der Waals surface area contributed by atoms with Gasteiger partial charge in [0.25, 0.3) is 5.91 Å². The molecule has 0 spiro atoms. The first-order valence-electron chi connectivity index (χ1n) is 8.49. The first kappa shape index (κ1) is 16.7. The summed E-state index contributed by atoms with van der Waals surface area (Å²) < 4.78 is 0. The Labute approximate surface area is 133 Å². The van der Waals surface area contributed by atoms with Gasteiger partial charge in [-0.05, 0) is 32.1 Å². The highest BCUT2D eigenvalue weighted by molar-refractivity contribution is 5.93. The van der Waals surface area contributed by atoms with E-state index in [9.17, 15) is 4.79 Å². The molecular weight excluding hydrogens is 276 g/mol. The number of likely N-dealkylation sites (tertiary alicyclic amines) is 1. The fourth-order valence-corrected chi connectivity index (χ4v) is 2.73. The van der Waals surface area contributed by atoms with E-state index in [0.717, 1.165) is 44.7 Å². The van der Waals surface area contributed by atoms with Gasteiger partial charge in [-0.15, -0.1) is 0 Å². The largest absolute Gasteiger partial charge is 0.370 e. The van der Waals surface area contributed by atoms with Gasteiger partial charge < -0.3 is 10.2 Å². The van der Waals surface area contributed by atoms with Crippen molar-refractivity contribution in [1.82, 2.24) is 14.9 Å². The molecule has 0 unspecified atom stereocenters. The molecular formula is C17H28N4O. The minimum atomic E-state index is 0.0361. The Balaban J connectivity index is 2.00. The summed E-state index contributed by atoms with van der Waals surface area (Å²) in [5.41, 5.74) is 0.514. The lowest BCUT2D eigenvalue weighted by Crippen LogP contribution is -2.38. The number of piperidine rings is 1. The van der Waals surface area contributed by atoms with E-state index in [2.05, 4.69) is 29.1 Å². The van der Waals surface area contributed by atoms with Crippen LogP contribution in [0.1, 0.15) is 62.3 Å². The number of aryl methyl sites for hydroxylation is 1. The molecule has 0 aromatic carbocycles. The minimum absolute atomic E-state index is 0.0361. The Hall–Kier alpha value is -1.65. The van der Waals surface area contributed by atoms with Gasteiger partial charge in [-0.2, -0.15) is 0 Å². The van der Waals surface area contributed by atoms with Crippen LogP contribution in [0.4, 0.5) is 5.82 Å². The number of nitrogens with zero attached hydrogens (tertiary/aromatic N) is 3. The lowest BCUT2D eigenvalue weighted by atomic mass is 9.99. The van der Waals surface area contributed by atoms with Crippen LogP contribution in [0.5, 0.6) is 0 Å². The second-order valence-corrected chi connectivity index (χ2v) is 6.29. The lowest BCUT2D eigenvalue weighted by Gasteiger charge is -2.30. The van der Waals surface area contributed by atoms with Crippen molar-refractivity contribution in [2.45, 2.75) is 52.9 Å². The van der Waals surface area contributed by atoms with Crippen molar-refractivity contribution in [3.63, 3.8) is 0 Å². The predicted molar refractivity (Wildman–Crippen MR) is 89.1 cm³/mol. The molecule has 1 saturated heterocycles. The number of nitrogens with one attached hydrogen (secondary N) is 1. The van der Waals surface area contributed by atoms with Crippen LogP contribution in [0.15, 0.2) is 6.07 Å². The maximum Gasteiger partial charge on any atom is 0.272 e. The van der Waals surface area contributed by atoms with E-state index in [1.165, 1.54) is 12.8 Å². The minimum Gasteiger partial charge on any atom is -0.370 e. The molecule has 0 atom stereocenters. The molecule has 5 nitrogen and oxygen atoms in total. The summed E-state index contributed by atoms with van der Waals surface area (Å²) in [7, 11) is 0. The molecule has 1 amide bonds. The van der Waals surface area contributed by atoms with Crippen LogP contribution in [0.2, 0.25) is 0 Å². The smallest absolute Gasteiger partial charge is 0.272 e. The van der Waals surface area contributed by atoms with Crippen molar-refractivity contribution < 1.29 is 4.79 Å². The molecule has 1 N–H and O–H groups in total. The van der Waals surface area contributed by atoms with E-state index < -0.39 is 0 Å².